The van der Waals surface area contributed by atoms with Crippen molar-refractivity contribution in [1.82, 2.24) is 10.2 Å². The van der Waals surface area contributed by atoms with Crippen molar-refractivity contribution >= 4 is 0 Å². The van der Waals surface area contributed by atoms with Crippen molar-refractivity contribution in [2.24, 2.45) is 0 Å². The van der Waals surface area contributed by atoms with Gasteiger partial charge in [0, 0.05) is 38.3 Å². The summed E-state index contributed by atoms with van der Waals surface area (Å²) in [6.45, 7) is 8.95. The van der Waals surface area contributed by atoms with Crippen LogP contribution < -0.4 is 5.32 Å². The summed E-state index contributed by atoms with van der Waals surface area (Å²) in [5.74, 6) is 0. The first-order chi connectivity index (χ1) is 6.77. The van der Waals surface area contributed by atoms with Crippen LogP contribution in [-0.4, -0.2) is 49.3 Å². The fraction of sp³-hybridized carbons (Fsp3) is 1.00. The molecule has 2 aliphatic heterocycles. The van der Waals surface area contributed by atoms with E-state index in [0.717, 1.165) is 26.2 Å². The Bertz CT molecular complexity index is 170. The first-order valence-electron chi connectivity index (χ1n) is 5.85. The second-order valence-corrected chi connectivity index (χ2v) is 4.69. The third kappa shape index (κ3) is 2.27. The molecule has 3 unspecified atom stereocenters. The van der Waals surface area contributed by atoms with Crippen LogP contribution in [0.5, 0.6) is 0 Å². The van der Waals surface area contributed by atoms with Gasteiger partial charge in [-0.05, 0) is 26.7 Å². The molecule has 2 rings (SSSR count). The SMILES string of the molecule is CC1CNCC(C)N1CC1CCCO1. The lowest BCUT2D eigenvalue weighted by Gasteiger charge is -2.40. The monoisotopic (exact) mass is 198 g/mol. The van der Waals surface area contributed by atoms with Gasteiger partial charge in [-0.3, -0.25) is 4.90 Å². The summed E-state index contributed by atoms with van der Waals surface area (Å²) in [5.41, 5.74) is 0. The molecule has 3 nitrogen and oxygen atoms in total. The Morgan fingerprint density at radius 2 is 2.00 bits per heavy atom. The van der Waals surface area contributed by atoms with E-state index in [1.165, 1.54) is 12.8 Å². The Kier molecular flexibility index (Phi) is 3.42. The zero-order chi connectivity index (χ0) is 9.97. The van der Waals surface area contributed by atoms with Crippen LogP contribution in [0.4, 0.5) is 0 Å². The Morgan fingerprint density at radius 1 is 1.29 bits per heavy atom. The predicted molar refractivity (Wildman–Crippen MR) is 57.5 cm³/mol. The minimum atomic E-state index is 0.498. The van der Waals surface area contributed by atoms with E-state index in [4.69, 9.17) is 4.74 Å². The molecule has 0 saturated carbocycles. The summed E-state index contributed by atoms with van der Waals surface area (Å²) in [7, 11) is 0. The van der Waals surface area contributed by atoms with E-state index in [-0.39, 0.29) is 0 Å². The molecule has 0 bridgehead atoms. The van der Waals surface area contributed by atoms with Crippen molar-refractivity contribution in [2.75, 3.05) is 26.2 Å². The lowest BCUT2D eigenvalue weighted by molar-refractivity contribution is 0.0311. The van der Waals surface area contributed by atoms with Crippen LogP contribution in [0.2, 0.25) is 0 Å². The van der Waals surface area contributed by atoms with Crippen LogP contribution in [0.25, 0.3) is 0 Å². The fourth-order valence-electron chi connectivity index (χ4n) is 2.55. The topological polar surface area (TPSA) is 24.5 Å². The highest BCUT2D eigenvalue weighted by Crippen LogP contribution is 2.17. The lowest BCUT2D eigenvalue weighted by Crippen LogP contribution is -2.56. The third-order valence-corrected chi connectivity index (χ3v) is 3.45. The molecule has 82 valence electrons. The van der Waals surface area contributed by atoms with E-state index >= 15 is 0 Å². The zero-order valence-corrected chi connectivity index (χ0v) is 9.33. The Labute approximate surface area is 86.8 Å². The van der Waals surface area contributed by atoms with E-state index in [0.29, 0.717) is 18.2 Å². The van der Waals surface area contributed by atoms with E-state index in [1.54, 1.807) is 0 Å². The molecular formula is C11H22N2O. The molecule has 0 radical (unpaired) electrons. The van der Waals surface area contributed by atoms with Crippen molar-refractivity contribution in [3.8, 4) is 0 Å². The van der Waals surface area contributed by atoms with Crippen LogP contribution in [-0.2, 0) is 4.74 Å². The minimum Gasteiger partial charge on any atom is -0.377 e. The number of nitrogens with zero attached hydrogens (tertiary/aromatic N) is 1. The predicted octanol–water partition coefficient (Wildman–Crippen LogP) is 0.848. The van der Waals surface area contributed by atoms with Crippen molar-refractivity contribution in [3.63, 3.8) is 0 Å². The van der Waals surface area contributed by atoms with Crippen molar-refractivity contribution < 1.29 is 4.74 Å². The van der Waals surface area contributed by atoms with Crippen LogP contribution in [0.3, 0.4) is 0 Å². The largest absolute Gasteiger partial charge is 0.377 e. The molecule has 0 aromatic rings. The highest BCUT2D eigenvalue weighted by molar-refractivity contribution is 4.84. The van der Waals surface area contributed by atoms with Gasteiger partial charge >= 0.3 is 0 Å². The van der Waals surface area contributed by atoms with Gasteiger partial charge in [-0.1, -0.05) is 0 Å². The zero-order valence-electron chi connectivity index (χ0n) is 9.33. The number of piperazine rings is 1. The summed E-state index contributed by atoms with van der Waals surface area (Å²) in [6.07, 6.45) is 3.00. The molecular weight excluding hydrogens is 176 g/mol. The van der Waals surface area contributed by atoms with Gasteiger partial charge in [0.2, 0.25) is 0 Å². The first kappa shape index (κ1) is 10.4. The maximum absolute atomic E-state index is 5.69. The highest BCUT2D eigenvalue weighted by Gasteiger charge is 2.28. The molecule has 0 spiro atoms. The van der Waals surface area contributed by atoms with Gasteiger partial charge in [0.15, 0.2) is 0 Å². The molecule has 3 atom stereocenters. The molecule has 1 N–H and O–H groups in total. The molecule has 2 saturated heterocycles. The van der Waals surface area contributed by atoms with Crippen molar-refractivity contribution in [1.29, 1.82) is 0 Å². The number of hydrogen-bond donors (Lipinski definition) is 1. The highest BCUT2D eigenvalue weighted by atomic mass is 16.5. The molecule has 0 aromatic carbocycles. The van der Waals surface area contributed by atoms with E-state index in [2.05, 4.69) is 24.1 Å². The smallest absolute Gasteiger partial charge is 0.0703 e. The molecule has 3 heteroatoms. The lowest BCUT2D eigenvalue weighted by atomic mass is 10.1. The van der Waals surface area contributed by atoms with E-state index < -0.39 is 0 Å². The summed E-state index contributed by atoms with van der Waals surface area (Å²) in [6, 6.07) is 1.31. The van der Waals surface area contributed by atoms with Gasteiger partial charge in [-0.25, -0.2) is 0 Å². The third-order valence-electron chi connectivity index (χ3n) is 3.45. The number of hydrogen-bond acceptors (Lipinski definition) is 3. The molecule has 0 aromatic heterocycles. The van der Waals surface area contributed by atoms with E-state index in [9.17, 15) is 0 Å². The van der Waals surface area contributed by atoms with Gasteiger partial charge < -0.3 is 10.1 Å². The molecule has 0 aliphatic carbocycles. The van der Waals surface area contributed by atoms with Gasteiger partial charge in [-0.2, -0.15) is 0 Å². The average molecular weight is 198 g/mol. The van der Waals surface area contributed by atoms with Crippen LogP contribution >= 0.6 is 0 Å². The second-order valence-electron chi connectivity index (χ2n) is 4.69. The summed E-state index contributed by atoms with van der Waals surface area (Å²) in [4.78, 5) is 2.59. The number of rotatable bonds is 2. The number of nitrogens with one attached hydrogen (secondary N) is 1. The average Bonchev–Trinajstić information content (AvgIpc) is 2.64. The summed E-state index contributed by atoms with van der Waals surface area (Å²) >= 11 is 0. The van der Waals surface area contributed by atoms with Crippen LogP contribution in [0, 0.1) is 0 Å². The van der Waals surface area contributed by atoms with Gasteiger partial charge in [0.25, 0.3) is 0 Å². The fourth-order valence-corrected chi connectivity index (χ4v) is 2.55. The first-order valence-corrected chi connectivity index (χ1v) is 5.85. The van der Waals surface area contributed by atoms with Gasteiger partial charge in [0.1, 0.15) is 0 Å². The maximum atomic E-state index is 5.69. The van der Waals surface area contributed by atoms with Crippen LogP contribution in [0.1, 0.15) is 26.7 Å². The normalized spacial score (nSPS) is 40.3. The standard InChI is InChI=1S/C11H22N2O/c1-9-6-12-7-10(2)13(9)8-11-4-3-5-14-11/h9-12H,3-8H2,1-2H3. The van der Waals surface area contributed by atoms with Gasteiger partial charge in [0.05, 0.1) is 6.10 Å². The molecule has 2 heterocycles. The second kappa shape index (κ2) is 4.60. The summed E-state index contributed by atoms with van der Waals surface area (Å²) < 4.78 is 5.69. The maximum Gasteiger partial charge on any atom is 0.0703 e. The molecule has 14 heavy (non-hydrogen) atoms. The Morgan fingerprint density at radius 3 is 2.57 bits per heavy atom. The van der Waals surface area contributed by atoms with Gasteiger partial charge in [-0.15, -0.1) is 0 Å². The Hall–Kier alpha value is -0.120. The van der Waals surface area contributed by atoms with Crippen LogP contribution in [0.15, 0.2) is 0 Å². The Balaban J connectivity index is 1.86. The van der Waals surface area contributed by atoms with Crippen molar-refractivity contribution in [3.05, 3.63) is 0 Å². The van der Waals surface area contributed by atoms with Crippen molar-refractivity contribution in [2.45, 2.75) is 44.9 Å². The minimum absolute atomic E-state index is 0.498. The molecule has 0 amide bonds. The quantitative estimate of drug-likeness (QED) is 0.712. The number of ether oxygens (including phenoxy) is 1. The molecule has 2 fully saturated rings. The summed E-state index contributed by atoms with van der Waals surface area (Å²) in [5, 5.41) is 3.46. The van der Waals surface area contributed by atoms with E-state index in [1.807, 2.05) is 0 Å². The molecule has 2 aliphatic rings.